The maximum Gasteiger partial charge on any atom is 0.0890 e. The maximum atomic E-state index is 10.1. The van der Waals surface area contributed by atoms with Crippen molar-refractivity contribution >= 4 is 17.2 Å². The summed E-state index contributed by atoms with van der Waals surface area (Å²) in [4.78, 5) is 0.281. The number of nitrogens with two attached hydrogens (primary N) is 1. The van der Waals surface area contributed by atoms with Crippen LogP contribution in [-0.2, 0) is 0 Å². The van der Waals surface area contributed by atoms with Crippen molar-refractivity contribution in [3.63, 3.8) is 0 Å². The molecule has 3 atom stereocenters. The van der Waals surface area contributed by atoms with Gasteiger partial charge in [-0.2, -0.15) is 5.26 Å². The van der Waals surface area contributed by atoms with E-state index < -0.39 is 6.10 Å². The van der Waals surface area contributed by atoms with Gasteiger partial charge in [-0.3, -0.25) is 0 Å². The molecule has 4 heteroatoms. The lowest BCUT2D eigenvalue weighted by Gasteiger charge is -2.19. The summed E-state index contributed by atoms with van der Waals surface area (Å²) in [6.45, 7) is 0. The van der Waals surface area contributed by atoms with Crippen LogP contribution in [0.3, 0.4) is 0 Å². The zero-order valence-electron chi connectivity index (χ0n) is 8.63. The van der Waals surface area contributed by atoms with Gasteiger partial charge in [-0.05, 0) is 11.1 Å². The lowest BCUT2D eigenvalue weighted by Crippen LogP contribution is -2.27. The molecule has 1 aliphatic carbocycles. The Hall–Kier alpha value is -1.44. The number of fused-ring (bicyclic) bond motifs is 1. The third kappa shape index (κ3) is 1.58. The van der Waals surface area contributed by atoms with Crippen LogP contribution >= 0.6 is 12.2 Å². The van der Waals surface area contributed by atoms with Crippen molar-refractivity contribution in [3.05, 3.63) is 35.4 Å². The van der Waals surface area contributed by atoms with E-state index in [0.717, 1.165) is 11.1 Å². The minimum absolute atomic E-state index is 0.0753. The molecule has 3 N–H and O–H groups in total. The van der Waals surface area contributed by atoms with Crippen LogP contribution in [0.15, 0.2) is 24.3 Å². The molecular formula is C12H12N2OS. The summed E-state index contributed by atoms with van der Waals surface area (Å²) in [5.41, 5.74) is 7.49. The van der Waals surface area contributed by atoms with Gasteiger partial charge in [0, 0.05) is 18.3 Å². The second-order valence-electron chi connectivity index (χ2n) is 3.97. The predicted octanol–water partition coefficient (Wildman–Crippen LogP) is 1.63. The average molecular weight is 232 g/mol. The zero-order chi connectivity index (χ0) is 11.7. The summed E-state index contributed by atoms with van der Waals surface area (Å²) in [6.07, 6.45) is -0.345. The van der Waals surface area contributed by atoms with Crippen molar-refractivity contribution in [3.8, 4) is 6.07 Å². The molecule has 0 heterocycles. The predicted molar refractivity (Wildman–Crippen MR) is 64.6 cm³/mol. The lowest BCUT2D eigenvalue weighted by molar-refractivity contribution is 0.145. The molecule has 0 saturated carbocycles. The molecular weight excluding hydrogens is 220 g/mol. The first-order valence-electron chi connectivity index (χ1n) is 5.10. The van der Waals surface area contributed by atoms with Gasteiger partial charge in [-0.15, -0.1) is 0 Å². The molecule has 0 spiro atoms. The summed E-state index contributed by atoms with van der Waals surface area (Å²) >= 11 is 4.98. The minimum Gasteiger partial charge on any atom is -0.393 e. The molecule has 16 heavy (non-hydrogen) atoms. The van der Waals surface area contributed by atoms with E-state index in [9.17, 15) is 5.11 Å². The van der Waals surface area contributed by atoms with E-state index in [0.29, 0.717) is 6.42 Å². The highest BCUT2D eigenvalue weighted by Gasteiger charge is 2.40. The van der Waals surface area contributed by atoms with E-state index in [2.05, 4.69) is 6.07 Å². The molecule has 2 rings (SSSR count). The monoisotopic (exact) mass is 232 g/mol. The summed E-state index contributed by atoms with van der Waals surface area (Å²) in [6, 6.07) is 9.69. The Morgan fingerprint density at radius 1 is 1.44 bits per heavy atom. The van der Waals surface area contributed by atoms with Crippen molar-refractivity contribution in [2.75, 3.05) is 0 Å². The maximum absolute atomic E-state index is 10.1. The van der Waals surface area contributed by atoms with Crippen molar-refractivity contribution in [2.45, 2.75) is 18.4 Å². The Balaban J connectivity index is 2.48. The molecule has 0 amide bonds. The molecule has 0 bridgehead atoms. The molecule has 3 unspecified atom stereocenters. The van der Waals surface area contributed by atoms with Crippen molar-refractivity contribution in [1.29, 1.82) is 5.26 Å². The number of hydrogen-bond donors (Lipinski definition) is 2. The zero-order valence-corrected chi connectivity index (χ0v) is 9.45. The smallest absolute Gasteiger partial charge is 0.0890 e. The SMILES string of the molecule is N#CCC1c2ccccc2C(O)C1C(N)=S. The molecule has 0 aliphatic heterocycles. The first-order valence-corrected chi connectivity index (χ1v) is 5.50. The largest absolute Gasteiger partial charge is 0.393 e. The number of hydrogen-bond acceptors (Lipinski definition) is 3. The van der Waals surface area contributed by atoms with Crippen LogP contribution in [0.4, 0.5) is 0 Å². The lowest BCUT2D eigenvalue weighted by atomic mass is 9.89. The third-order valence-electron chi connectivity index (χ3n) is 3.13. The van der Waals surface area contributed by atoms with Crippen LogP contribution in [0.1, 0.15) is 29.6 Å². The van der Waals surface area contributed by atoms with Gasteiger partial charge in [0.15, 0.2) is 0 Å². The highest BCUT2D eigenvalue weighted by atomic mass is 32.1. The summed E-state index contributed by atoms with van der Waals surface area (Å²) in [5, 5.41) is 19.0. The highest BCUT2D eigenvalue weighted by Crippen LogP contribution is 2.46. The number of nitrogens with zero attached hydrogens (tertiary/aromatic N) is 1. The van der Waals surface area contributed by atoms with Gasteiger partial charge in [0.1, 0.15) is 0 Å². The number of rotatable bonds is 2. The number of aliphatic hydroxyl groups excluding tert-OH is 1. The first-order chi connectivity index (χ1) is 7.66. The Morgan fingerprint density at radius 3 is 2.62 bits per heavy atom. The molecule has 82 valence electrons. The van der Waals surface area contributed by atoms with Crippen LogP contribution in [0, 0.1) is 17.2 Å². The van der Waals surface area contributed by atoms with E-state index in [4.69, 9.17) is 23.2 Å². The highest BCUT2D eigenvalue weighted by molar-refractivity contribution is 7.80. The Bertz CT molecular complexity index is 466. The molecule has 1 aliphatic rings. The minimum atomic E-state index is -0.674. The van der Waals surface area contributed by atoms with E-state index in [1.165, 1.54) is 0 Å². The quantitative estimate of drug-likeness (QED) is 0.760. The number of thiocarbonyl (C=S) groups is 1. The second-order valence-corrected chi connectivity index (χ2v) is 4.44. The summed E-state index contributed by atoms with van der Waals surface area (Å²) in [7, 11) is 0. The number of nitriles is 1. The fourth-order valence-corrected chi connectivity index (χ4v) is 2.71. The van der Waals surface area contributed by atoms with Gasteiger partial charge >= 0.3 is 0 Å². The third-order valence-corrected chi connectivity index (χ3v) is 3.40. The first kappa shape index (κ1) is 11.1. The van der Waals surface area contributed by atoms with Gasteiger partial charge in [-0.1, -0.05) is 36.5 Å². The fourth-order valence-electron chi connectivity index (χ4n) is 2.41. The Morgan fingerprint density at radius 2 is 2.06 bits per heavy atom. The van der Waals surface area contributed by atoms with Crippen molar-refractivity contribution in [2.24, 2.45) is 11.7 Å². The number of aliphatic hydroxyl groups is 1. The molecule has 3 nitrogen and oxygen atoms in total. The van der Waals surface area contributed by atoms with Crippen molar-refractivity contribution in [1.82, 2.24) is 0 Å². The van der Waals surface area contributed by atoms with Gasteiger partial charge < -0.3 is 10.8 Å². The molecule has 1 aromatic carbocycles. The van der Waals surface area contributed by atoms with E-state index in [-0.39, 0.29) is 16.8 Å². The summed E-state index contributed by atoms with van der Waals surface area (Å²) in [5.74, 6) is -0.388. The molecule has 0 fully saturated rings. The molecule has 0 saturated heterocycles. The van der Waals surface area contributed by atoms with Crippen LogP contribution in [0.2, 0.25) is 0 Å². The van der Waals surface area contributed by atoms with Crippen LogP contribution in [-0.4, -0.2) is 10.1 Å². The van der Waals surface area contributed by atoms with Crippen LogP contribution in [0.5, 0.6) is 0 Å². The molecule has 0 aromatic heterocycles. The Kier molecular flexibility index (Phi) is 2.90. The van der Waals surface area contributed by atoms with Crippen molar-refractivity contribution < 1.29 is 5.11 Å². The molecule has 0 radical (unpaired) electrons. The van der Waals surface area contributed by atoms with Gasteiger partial charge in [0.25, 0.3) is 0 Å². The van der Waals surface area contributed by atoms with E-state index in [1.54, 1.807) is 0 Å². The van der Waals surface area contributed by atoms with Crippen LogP contribution in [0.25, 0.3) is 0 Å². The summed E-state index contributed by atoms with van der Waals surface area (Å²) < 4.78 is 0. The fraction of sp³-hybridized carbons (Fsp3) is 0.333. The average Bonchev–Trinajstić information content (AvgIpc) is 2.54. The van der Waals surface area contributed by atoms with Crippen LogP contribution < -0.4 is 5.73 Å². The molecule has 1 aromatic rings. The second kappa shape index (κ2) is 4.20. The van der Waals surface area contributed by atoms with E-state index >= 15 is 0 Å². The standard InChI is InChI=1S/C12H12N2OS/c13-6-5-8-7-3-1-2-4-9(7)11(15)10(8)12(14)16/h1-4,8,10-11,15H,5H2,(H2,14,16). The normalized spacial score (nSPS) is 27.1. The van der Waals surface area contributed by atoms with Gasteiger partial charge in [0.05, 0.1) is 17.2 Å². The van der Waals surface area contributed by atoms with Gasteiger partial charge in [0.2, 0.25) is 0 Å². The number of benzene rings is 1. The Labute approximate surface area is 99.5 Å². The van der Waals surface area contributed by atoms with Gasteiger partial charge in [-0.25, -0.2) is 0 Å². The van der Waals surface area contributed by atoms with E-state index in [1.807, 2.05) is 24.3 Å². The topological polar surface area (TPSA) is 70.0 Å².